The highest BCUT2D eigenvalue weighted by Crippen LogP contribution is 2.11. The zero-order chi connectivity index (χ0) is 14.2. The zero-order valence-electron chi connectivity index (χ0n) is 11.3. The average Bonchev–Trinajstić information content (AvgIpc) is 2.53. The quantitative estimate of drug-likeness (QED) is 0.649. The van der Waals surface area contributed by atoms with Crippen LogP contribution in [0.4, 0.5) is 0 Å². The molecule has 0 heterocycles. The predicted molar refractivity (Wildman–Crippen MR) is 76.6 cm³/mol. The van der Waals surface area contributed by atoms with Crippen LogP contribution in [0.3, 0.4) is 0 Å². The third kappa shape index (κ3) is 4.10. The number of hydroxylamine groups is 1. The van der Waals surface area contributed by atoms with Crippen molar-refractivity contribution >= 4 is 5.91 Å². The van der Waals surface area contributed by atoms with Crippen molar-refractivity contribution in [3.8, 4) is 5.75 Å². The maximum absolute atomic E-state index is 11.7. The molecule has 0 bridgehead atoms. The number of carbonyl (C=O) groups excluding carboxylic acids is 1. The number of benzene rings is 2. The van der Waals surface area contributed by atoms with Gasteiger partial charge in [0.05, 0.1) is 13.7 Å². The molecule has 0 unspecified atom stereocenters. The Balaban J connectivity index is 1.72. The molecule has 20 heavy (non-hydrogen) atoms. The van der Waals surface area contributed by atoms with Crippen LogP contribution < -0.4 is 10.2 Å². The summed E-state index contributed by atoms with van der Waals surface area (Å²) in [7, 11) is 1.64. The molecule has 2 aromatic carbocycles. The first kappa shape index (κ1) is 14.1. The van der Waals surface area contributed by atoms with Crippen molar-refractivity contribution in [2.45, 2.75) is 6.42 Å². The van der Waals surface area contributed by atoms with Crippen molar-refractivity contribution in [3.63, 3.8) is 0 Å². The van der Waals surface area contributed by atoms with Gasteiger partial charge >= 0.3 is 0 Å². The highest BCUT2D eigenvalue weighted by atomic mass is 16.6. The first-order valence-corrected chi connectivity index (χ1v) is 6.39. The number of hydrogen-bond donors (Lipinski definition) is 1. The van der Waals surface area contributed by atoms with E-state index in [-0.39, 0.29) is 5.91 Å². The van der Waals surface area contributed by atoms with Crippen LogP contribution in [0.2, 0.25) is 0 Å². The lowest BCUT2D eigenvalue weighted by atomic mass is 10.1. The number of methoxy groups -OCH3 is 1. The normalized spacial score (nSPS) is 10.1. The monoisotopic (exact) mass is 271 g/mol. The van der Waals surface area contributed by atoms with Gasteiger partial charge in [-0.25, -0.2) is 5.48 Å². The number of amides is 1. The summed E-state index contributed by atoms with van der Waals surface area (Å²) in [4.78, 5) is 16.9. The Morgan fingerprint density at radius 1 is 1.05 bits per heavy atom. The third-order valence-corrected chi connectivity index (χ3v) is 2.85. The van der Waals surface area contributed by atoms with E-state index in [9.17, 15) is 4.79 Å². The van der Waals surface area contributed by atoms with E-state index in [4.69, 9.17) is 9.57 Å². The molecule has 0 radical (unpaired) electrons. The Kier molecular flexibility index (Phi) is 5.15. The molecule has 0 saturated carbocycles. The number of nitrogens with one attached hydrogen (secondary N) is 1. The van der Waals surface area contributed by atoms with Crippen LogP contribution in [-0.2, 0) is 11.3 Å². The summed E-state index contributed by atoms with van der Waals surface area (Å²) in [6.45, 7) is 0.422. The van der Waals surface area contributed by atoms with Gasteiger partial charge in [-0.2, -0.15) is 0 Å². The van der Waals surface area contributed by atoms with Crippen molar-refractivity contribution in [2.75, 3.05) is 13.7 Å². The van der Waals surface area contributed by atoms with Crippen LogP contribution in [0.15, 0.2) is 54.6 Å². The fourth-order valence-corrected chi connectivity index (χ4v) is 1.73. The first-order chi connectivity index (χ1) is 9.79. The summed E-state index contributed by atoms with van der Waals surface area (Å²) in [5.41, 5.74) is 4.13. The SMILES string of the molecule is COc1ccc(CCONC(=O)c2ccccc2)cc1. The topological polar surface area (TPSA) is 47.6 Å². The van der Waals surface area contributed by atoms with E-state index in [2.05, 4.69) is 5.48 Å². The average molecular weight is 271 g/mol. The minimum absolute atomic E-state index is 0.236. The molecule has 104 valence electrons. The molecular weight excluding hydrogens is 254 g/mol. The molecule has 0 atom stereocenters. The summed E-state index contributed by atoms with van der Waals surface area (Å²) in [5, 5.41) is 0. The van der Waals surface area contributed by atoms with Crippen molar-refractivity contribution in [1.82, 2.24) is 5.48 Å². The summed E-state index contributed by atoms with van der Waals surface area (Å²) < 4.78 is 5.09. The fourth-order valence-electron chi connectivity index (χ4n) is 1.73. The van der Waals surface area contributed by atoms with E-state index < -0.39 is 0 Å². The molecule has 0 saturated heterocycles. The molecule has 4 nitrogen and oxygen atoms in total. The molecular formula is C16H17NO3. The van der Waals surface area contributed by atoms with Crippen LogP contribution in [-0.4, -0.2) is 19.6 Å². The Morgan fingerprint density at radius 3 is 2.40 bits per heavy atom. The van der Waals surface area contributed by atoms with Gasteiger partial charge in [-0.3, -0.25) is 9.63 Å². The smallest absolute Gasteiger partial charge is 0.274 e. The molecule has 2 aromatic rings. The molecule has 0 spiro atoms. The number of rotatable bonds is 6. The van der Waals surface area contributed by atoms with Crippen molar-refractivity contribution in [1.29, 1.82) is 0 Å². The van der Waals surface area contributed by atoms with E-state index in [1.54, 1.807) is 19.2 Å². The largest absolute Gasteiger partial charge is 0.497 e. The van der Waals surface area contributed by atoms with Crippen LogP contribution in [0.25, 0.3) is 0 Å². The van der Waals surface area contributed by atoms with E-state index in [0.29, 0.717) is 12.2 Å². The molecule has 0 aromatic heterocycles. The van der Waals surface area contributed by atoms with Gasteiger partial charge in [0, 0.05) is 5.56 Å². The minimum Gasteiger partial charge on any atom is -0.497 e. The van der Waals surface area contributed by atoms with Gasteiger partial charge < -0.3 is 4.74 Å². The van der Waals surface area contributed by atoms with Gasteiger partial charge in [-0.1, -0.05) is 30.3 Å². The van der Waals surface area contributed by atoms with Crippen LogP contribution in [0.1, 0.15) is 15.9 Å². The summed E-state index contributed by atoms with van der Waals surface area (Å²) in [6.07, 6.45) is 0.721. The lowest BCUT2D eigenvalue weighted by molar-refractivity contribution is 0.0324. The third-order valence-electron chi connectivity index (χ3n) is 2.85. The minimum atomic E-state index is -0.236. The second-order valence-electron chi connectivity index (χ2n) is 4.24. The maximum Gasteiger partial charge on any atom is 0.274 e. The van der Waals surface area contributed by atoms with E-state index in [0.717, 1.165) is 17.7 Å². The zero-order valence-corrected chi connectivity index (χ0v) is 11.3. The Labute approximate surface area is 118 Å². The van der Waals surface area contributed by atoms with Crippen molar-refractivity contribution < 1.29 is 14.4 Å². The number of ether oxygens (including phenoxy) is 1. The molecule has 0 aliphatic carbocycles. The van der Waals surface area contributed by atoms with Gasteiger partial charge in [0.25, 0.3) is 5.91 Å². The summed E-state index contributed by atoms with van der Waals surface area (Å²) in [5.74, 6) is 0.590. The fraction of sp³-hybridized carbons (Fsp3) is 0.188. The van der Waals surface area contributed by atoms with E-state index in [1.165, 1.54) is 0 Å². The summed E-state index contributed by atoms with van der Waals surface area (Å²) in [6, 6.07) is 16.7. The predicted octanol–water partition coefficient (Wildman–Crippen LogP) is 2.60. The van der Waals surface area contributed by atoms with Crippen molar-refractivity contribution in [3.05, 3.63) is 65.7 Å². The number of hydrogen-bond acceptors (Lipinski definition) is 3. The van der Waals surface area contributed by atoms with Gasteiger partial charge in [0.15, 0.2) is 0 Å². The number of carbonyl (C=O) groups is 1. The molecule has 1 N–H and O–H groups in total. The molecule has 0 fully saturated rings. The Morgan fingerprint density at radius 2 is 1.75 bits per heavy atom. The second-order valence-corrected chi connectivity index (χ2v) is 4.24. The molecule has 1 amide bonds. The summed E-state index contributed by atoms with van der Waals surface area (Å²) >= 11 is 0. The first-order valence-electron chi connectivity index (χ1n) is 6.39. The molecule has 4 heteroatoms. The van der Waals surface area contributed by atoms with Crippen LogP contribution >= 0.6 is 0 Å². The molecule has 0 aliphatic rings. The maximum atomic E-state index is 11.7. The van der Waals surface area contributed by atoms with Crippen molar-refractivity contribution in [2.24, 2.45) is 0 Å². The van der Waals surface area contributed by atoms with Gasteiger partial charge in [-0.15, -0.1) is 0 Å². The Bertz CT molecular complexity index is 537. The van der Waals surface area contributed by atoms with Gasteiger partial charge in [0.1, 0.15) is 5.75 Å². The van der Waals surface area contributed by atoms with E-state index >= 15 is 0 Å². The second kappa shape index (κ2) is 7.31. The highest BCUT2D eigenvalue weighted by molar-refractivity contribution is 5.93. The van der Waals surface area contributed by atoms with Crippen LogP contribution in [0, 0.1) is 0 Å². The Hall–Kier alpha value is -2.33. The van der Waals surface area contributed by atoms with E-state index in [1.807, 2.05) is 42.5 Å². The van der Waals surface area contributed by atoms with Gasteiger partial charge in [-0.05, 0) is 36.2 Å². The molecule has 0 aliphatic heterocycles. The molecule has 2 rings (SSSR count). The van der Waals surface area contributed by atoms with Crippen LogP contribution in [0.5, 0.6) is 5.75 Å². The highest BCUT2D eigenvalue weighted by Gasteiger charge is 2.03. The lowest BCUT2D eigenvalue weighted by Gasteiger charge is -2.06. The lowest BCUT2D eigenvalue weighted by Crippen LogP contribution is -2.24. The van der Waals surface area contributed by atoms with Gasteiger partial charge in [0.2, 0.25) is 0 Å². The standard InChI is InChI=1S/C16H17NO3/c1-19-15-9-7-13(8-10-15)11-12-20-17-16(18)14-5-3-2-4-6-14/h2-10H,11-12H2,1H3,(H,17,18).